The monoisotopic (exact) mass is 416 g/mol. The molecule has 1 aromatic heterocycles. The van der Waals surface area contributed by atoms with Crippen molar-refractivity contribution in [3.63, 3.8) is 0 Å². The van der Waals surface area contributed by atoms with Gasteiger partial charge in [0, 0.05) is 32.4 Å². The summed E-state index contributed by atoms with van der Waals surface area (Å²) in [6.45, 7) is 5.67. The summed E-state index contributed by atoms with van der Waals surface area (Å²) >= 11 is 0. The van der Waals surface area contributed by atoms with Crippen molar-refractivity contribution in [2.24, 2.45) is 0 Å². The van der Waals surface area contributed by atoms with E-state index >= 15 is 0 Å². The van der Waals surface area contributed by atoms with E-state index in [9.17, 15) is 21.6 Å². The van der Waals surface area contributed by atoms with Crippen molar-refractivity contribution in [1.29, 1.82) is 0 Å². The van der Waals surface area contributed by atoms with Crippen LogP contribution in [0.2, 0.25) is 0 Å². The van der Waals surface area contributed by atoms with Crippen LogP contribution in [0.5, 0.6) is 0 Å². The normalized spacial score (nSPS) is 17.4. The van der Waals surface area contributed by atoms with Gasteiger partial charge in [-0.3, -0.25) is 9.58 Å². The number of piperazine rings is 1. The van der Waals surface area contributed by atoms with Crippen molar-refractivity contribution >= 4 is 10.0 Å². The van der Waals surface area contributed by atoms with Gasteiger partial charge in [-0.25, -0.2) is 8.42 Å². The lowest BCUT2D eigenvalue weighted by molar-refractivity contribution is -0.141. The van der Waals surface area contributed by atoms with Crippen LogP contribution in [0.1, 0.15) is 31.0 Å². The molecular weight excluding hydrogens is 393 g/mol. The van der Waals surface area contributed by atoms with E-state index in [1.54, 1.807) is 12.1 Å². The Morgan fingerprint density at radius 1 is 1.04 bits per heavy atom. The molecular formula is C18H23F3N4O2S. The van der Waals surface area contributed by atoms with Crippen molar-refractivity contribution in [2.45, 2.75) is 37.5 Å². The minimum Gasteiger partial charge on any atom is -0.282 e. The predicted molar refractivity (Wildman–Crippen MR) is 98.1 cm³/mol. The van der Waals surface area contributed by atoms with Crippen LogP contribution in [-0.4, -0.2) is 53.6 Å². The largest absolute Gasteiger partial charge is 0.435 e. The van der Waals surface area contributed by atoms with Crippen LogP contribution in [0.15, 0.2) is 41.4 Å². The maximum atomic E-state index is 12.8. The van der Waals surface area contributed by atoms with Gasteiger partial charge in [-0.15, -0.1) is 0 Å². The quantitative estimate of drug-likeness (QED) is 0.752. The number of sulfonamides is 1. The van der Waals surface area contributed by atoms with Crippen molar-refractivity contribution in [1.82, 2.24) is 19.0 Å². The summed E-state index contributed by atoms with van der Waals surface area (Å²) in [5.74, 6) is 0.320. The van der Waals surface area contributed by atoms with Gasteiger partial charge in [0.1, 0.15) is 0 Å². The summed E-state index contributed by atoms with van der Waals surface area (Å²) in [7, 11) is -3.58. The molecule has 6 nitrogen and oxygen atoms in total. The molecule has 1 aliphatic rings. The molecule has 1 aromatic carbocycles. The van der Waals surface area contributed by atoms with Crippen LogP contribution in [0.3, 0.4) is 0 Å². The molecule has 0 amide bonds. The highest BCUT2D eigenvalue weighted by atomic mass is 32.2. The fourth-order valence-electron chi connectivity index (χ4n) is 3.08. The van der Waals surface area contributed by atoms with Gasteiger partial charge < -0.3 is 0 Å². The van der Waals surface area contributed by atoms with E-state index < -0.39 is 21.9 Å². The summed E-state index contributed by atoms with van der Waals surface area (Å²) in [5, 5.41) is 3.53. The van der Waals surface area contributed by atoms with Crippen LogP contribution in [0.25, 0.3) is 0 Å². The third kappa shape index (κ3) is 4.56. The Morgan fingerprint density at radius 3 is 2.14 bits per heavy atom. The number of halogens is 3. The minimum absolute atomic E-state index is 0.188. The number of hydrogen-bond donors (Lipinski definition) is 0. The van der Waals surface area contributed by atoms with Gasteiger partial charge in [0.2, 0.25) is 10.0 Å². The summed E-state index contributed by atoms with van der Waals surface area (Å²) in [6, 6.07) is 7.83. The molecule has 154 valence electrons. The SMILES string of the molecule is CC(C)c1ccc(S(=O)(=O)N2CCN(Cn3ccc(C(F)(F)F)n3)CC2)cc1. The zero-order valence-electron chi connectivity index (χ0n) is 15.7. The second-order valence-electron chi connectivity index (χ2n) is 7.13. The Morgan fingerprint density at radius 2 is 1.64 bits per heavy atom. The van der Waals surface area contributed by atoms with E-state index in [1.165, 1.54) is 15.2 Å². The Bertz CT molecular complexity index is 900. The van der Waals surface area contributed by atoms with Crippen LogP contribution >= 0.6 is 0 Å². The molecule has 0 N–H and O–H groups in total. The average Bonchev–Trinajstić information content (AvgIpc) is 3.11. The van der Waals surface area contributed by atoms with Gasteiger partial charge in [-0.1, -0.05) is 26.0 Å². The Kier molecular flexibility index (Phi) is 5.83. The molecule has 0 bridgehead atoms. The number of benzene rings is 1. The molecule has 2 heterocycles. The van der Waals surface area contributed by atoms with Crippen LogP contribution < -0.4 is 0 Å². The minimum atomic E-state index is -4.47. The number of hydrogen-bond acceptors (Lipinski definition) is 4. The molecule has 0 unspecified atom stereocenters. The summed E-state index contributed by atoms with van der Waals surface area (Å²) < 4.78 is 66.1. The molecule has 0 atom stereocenters. The molecule has 2 aromatic rings. The van der Waals surface area contributed by atoms with E-state index in [1.807, 2.05) is 30.9 Å². The lowest BCUT2D eigenvalue weighted by Gasteiger charge is -2.33. The first-order valence-corrected chi connectivity index (χ1v) is 10.4. The van der Waals surface area contributed by atoms with Crippen LogP contribution in [-0.2, 0) is 22.9 Å². The Labute approximate surface area is 162 Å². The number of nitrogens with zero attached hydrogens (tertiary/aromatic N) is 4. The van der Waals surface area contributed by atoms with Crippen molar-refractivity contribution in [3.8, 4) is 0 Å². The highest BCUT2D eigenvalue weighted by Gasteiger charge is 2.34. The second-order valence-corrected chi connectivity index (χ2v) is 9.06. The van der Waals surface area contributed by atoms with E-state index in [0.29, 0.717) is 19.0 Å². The number of aromatic nitrogens is 2. The lowest BCUT2D eigenvalue weighted by atomic mass is 10.0. The van der Waals surface area contributed by atoms with Gasteiger partial charge in [-0.2, -0.15) is 22.6 Å². The van der Waals surface area contributed by atoms with Crippen molar-refractivity contribution < 1.29 is 21.6 Å². The molecule has 0 radical (unpaired) electrons. The van der Waals surface area contributed by atoms with E-state index in [0.717, 1.165) is 11.6 Å². The van der Waals surface area contributed by atoms with E-state index in [-0.39, 0.29) is 24.7 Å². The van der Waals surface area contributed by atoms with Crippen LogP contribution in [0.4, 0.5) is 13.2 Å². The Balaban J connectivity index is 1.60. The summed E-state index contributed by atoms with van der Waals surface area (Å²) in [6.07, 6.45) is -3.19. The van der Waals surface area contributed by atoms with Crippen LogP contribution in [0, 0.1) is 0 Å². The van der Waals surface area contributed by atoms with Gasteiger partial charge in [0.25, 0.3) is 0 Å². The third-order valence-corrected chi connectivity index (χ3v) is 6.70. The fraction of sp³-hybridized carbons (Fsp3) is 0.500. The van der Waals surface area contributed by atoms with Gasteiger partial charge in [0.15, 0.2) is 5.69 Å². The molecule has 0 spiro atoms. The first kappa shape index (κ1) is 20.8. The maximum absolute atomic E-state index is 12.8. The van der Waals surface area contributed by atoms with Gasteiger partial charge >= 0.3 is 6.18 Å². The maximum Gasteiger partial charge on any atom is 0.435 e. The topological polar surface area (TPSA) is 58.4 Å². The first-order valence-electron chi connectivity index (χ1n) is 9.00. The molecule has 28 heavy (non-hydrogen) atoms. The second kappa shape index (κ2) is 7.84. The standard InChI is InChI=1S/C18H23F3N4O2S/c1-14(2)15-3-5-16(6-4-15)28(26,27)25-11-9-23(10-12-25)13-24-8-7-17(22-24)18(19,20)21/h3-8,14H,9-13H2,1-2H3. The fourth-order valence-corrected chi connectivity index (χ4v) is 4.50. The Hall–Kier alpha value is -1.91. The highest BCUT2D eigenvalue weighted by Crippen LogP contribution is 2.27. The van der Waals surface area contributed by atoms with Crippen molar-refractivity contribution in [2.75, 3.05) is 26.2 Å². The molecule has 1 fully saturated rings. The number of alkyl halides is 3. The average molecular weight is 416 g/mol. The molecule has 10 heteroatoms. The summed E-state index contributed by atoms with van der Waals surface area (Å²) in [4.78, 5) is 2.13. The van der Waals surface area contributed by atoms with Crippen molar-refractivity contribution in [3.05, 3.63) is 47.8 Å². The number of rotatable bonds is 5. The van der Waals surface area contributed by atoms with Gasteiger partial charge in [-0.05, 0) is 29.7 Å². The van der Waals surface area contributed by atoms with Gasteiger partial charge in [0.05, 0.1) is 11.6 Å². The molecule has 0 saturated carbocycles. The lowest BCUT2D eigenvalue weighted by Crippen LogP contribution is -2.48. The first-order chi connectivity index (χ1) is 13.1. The highest BCUT2D eigenvalue weighted by molar-refractivity contribution is 7.89. The predicted octanol–water partition coefficient (Wildman–Crippen LogP) is 2.99. The zero-order chi connectivity index (χ0) is 20.5. The third-order valence-electron chi connectivity index (χ3n) is 4.79. The molecule has 0 aliphatic carbocycles. The van der Waals surface area contributed by atoms with E-state index in [2.05, 4.69) is 5.10 Å². The summed E-state index contributed by atoms with van der Waals surface area (Å²) in [5.41, 5.74) is 0.139. The smallest absolute Gasteiger partial charge is 0.282 e. The van der Waals surface area contributed by atoms with E-state index in [4.69, 9.17) is 0 Å². The molecule has 3 rings (SSSR count). The zero-order valence-corrected chi connectivity index (χ0v) is 16.5. The molecule has 1 saturated heterocycles. The molecule has 1 aliphatic heterocycles.